The number of hydrogen-bond acceptors (Lipinski definition) is 2. The molecule has 0 radical (unpaired) electrons. The lowest BCUT2D eigenvalue weighted by atomic mass is 9.95. The van der Waals surface area contributed by atoms with Crippen molar-refractivity contribution in [3.63, 3.8) is 0 Å². The maximum atomic E-state index is 11.4. The van der Waals surface area contributed by atoms with Crippen molar-refractivity contribution in [1.82, 2.24) is 0 Å². The van der Waals surface area contributed by atoms with Gasteiger partial charge in [-0.2, -0.15) is 0 Å². The Balaban J connectivity index is 3.61. The first-order valence-corrected chi connectivity index (χ1v) is 8.42. The summed E-state index contributed by atoms with van der Waals surface area (Å²) in [5.41, 5.74) is 16.0. The van der Waals surface area contributed by atoms with Crippen LogP contribution in [0.2, 0.25) is 0 Å². The van der Waals surface area contributed by atoms with E-state index in [4.69, 9.17) is 17.2 Å². The number of rotatable bonds is 14. The minimum Gasteiger partial charge on any atom is -0.370 e. The molecule has 1 amide bonds. The van der Waals surface area contributed by atoms with Crippen LogP contribution in [0.1, 0.15) is 77.6 Å². The molecule has 0 aromatic heterocycles. The van der Waals surface area contributed by atoms with E-state index in [2.05, 4.69) is 11.9 Å². The molecular weight excluding hydrogens is 264 g/mol. The minimum atomic E-state index is -0.192. The third-order valence-corrected chi connectivity index (χ3v) is 3.81. The molecule has 0 aromatic carbocycles. The number of primary amides is 1. The van der Waals surface area contributed by atoms with E-state index < -0.39 is 0 Å². The third kappa shape index (κ3) is 13.5. The van der Waals surface area contributed by atoms with Crippen molar-refractivity contribution in [2.24, 2.45) is 28.1 Å². The highest BCUT2D eigenvalue weighted by Gasteiger charge is 2.14. The van der Waals surface area contributed by atoms with Crippen LogP contribution in [0.4, 0.5) is 0 Å². The van der Waals surface area contributed by atoms with E-state index in [1.807, 2.05) is 0 Å². The van der Waals surface area contributed by atoms with Crippen LogP contribution in [-0.4, -0.2) is 18.4 Å². The highest BCUT2D eigenvalue weighted by atomic mass is 16.1. The Labute approximate surface area is 129 Å². The van der Waals surface area contributed by atoms with Crippen LogP contribution >= 0.6 is 0 Å². The summed E-state index contributed by atoms with van der Waals surface area (Å²) in [5, 5.41) is 0. The Bertz CT molecular complexity index is 288. The molecule has 124 valence electrons. The molecule has 1 unspecified atom stereocenters. The average molecular weight is 298 g/mol. The molecular formula is C16H34N4O. The van der Waals surface area contributed by atoms with Gasteiger partial charge in [-0.3, -0.25) is 9.79 Å². The Morgan fingerprint density at radius 2 is 1.38 bits per heavy atom. The van der Waals surface area contributed by atoms with Crippen LogP contribution in [0.5, 0.6) is 0 Å². The van der Waals surface area contributed by atoms with Crippen molar-refractivity contribution >= 4 is 11.9 Å². The topological polar surface area (TPSA) is 107 Å². The molecule has 6 N–H and O–H groups in total. The first-order chi connectivity index (χ1) is 10.1. The largest absolute Gasteiger partial charge is 0.370 e. The van der Waals surface area contributed by atoms with Gasteiger partial charge in [-0.25, -0.2) is 0 Å². The SMILES string of the molecule is CCCCCCCCCCC(CCCN=C(N)N)C(N)=O. The fourth-order valence-corrected chi connectivity index (χ4v) is 2.50. The quantitative estimate of drug-likeness (QED) is 0.260. The molecule has 0 aliphatic heterocycles. The van der Waals surface area contributed by atoms with Crippen LogP contribution in [0.15, 0.2) is 4.99 Å². The van der Waals surface area contributed by atoms with E-state index >= 15 is 0 Å². The zero-order chi connectivity index (χ0) is 15.9. The highest BCUT2D eigenvalue weighted by molar-refractivity contribution is 5.76. The highest BCUT2D eigenvalue weighted by Crippen LogP contribution is 2.17. The zero-order valence-electron chi connectivity index (χ0n) is 13.7. The van der Waals surface area contributed by atoms with Crippen molar-refractivity contribution in [2.45, 2.75) is 77.6 Å². The summed E-state index contributed by atoms with van der Waals surface area (Å²) in [6.07, 6.45) is 12.7. The molecule has 0 bridgehead atoms. The number of unbranched alkanes of at least 4 members (excludes halogenated alkanes) is 7. The Kier molecular flexibility index (Phi) is 12.9. The first-order valence-electron chi connectivity index (χ1n) is 8.42. The molecule has 0 saturated heterocycles. The van der Waals surface area contributed by atoms with E-state index in [1.54, 1.807) is 0 Å². The second-order valence-electron chi connectivity index (χ2n) is 5.81. The van der Waals surface area contributed by atoms with Gasteiger partial charge in [-0.05, 0) is 19.3 Å². The summed E-state index contributed by atoms with van der Waals surface area (Å²) in [7, 11) is 0. The monoisotopic (exact) mass is 298 g/mol. The smallest absolute Gasteiger partial charge is 0.220 e. The molecule has 0 heterocycles. The van der Waals surface area contributed by atoms with Gasteiger partial charge in [0.25, 0.3) is 0 Å². The summed E-state index contributed by atoms with van der Waals surface area (Å²) < 4.78 is 0. The number of hydrogen-bond donors (Lipinski definition) is 3. The van der Waals surface area contributed by atoms with Crippen molar-refractivity contribution in [2.75, 3.05) is 6.54 Å². The minimum absolute atomic E-state index is 0.0284. The summed E-state index contributed by atoms with van der Waals surface area (Å²) in [6, 6.07) is 0. The predicted molar refractivity (Wildman–Crippen MR) is 89.8 cm³/mol. The van der Waals surface area contributed by atoms with Gasteiger partial charge >= 0.3 is 0 Å². The van der Waals surface area contributed by atoms with Crippen molar-refractivity contribution in [3.05, 3.63) is 0 Å². The molecule has 5 nitrogen and oxygen atoms in total. The molecule has 0 spiro atoms. The van der Waals surface area contributed by atoms with Crippen LogP contribution in [0.25, 0.3) is 0 Å². The normalized spacial score (nSPS) is 12.0. The second kappa shape index (κ2) is 13.7. The second-order valence-corrected chi connectivity index (χ2v) is 5.81. The number of guanidine groups is 1. The fraction of sp³-hybridized carbons (Fsp3) is 0.875. The van der Waals surface area contributed by atoms with E-state index in [0.29, 0.717) is 6.54 Å². The van der Waals surface area contributed by atoms with Gasteiger partial charge in [0.2, 0.25) is 5.91 Å². The third-order valence-electron chi connectivity index (χ3n) is 3.81. The number of nitrogens with zero attached hydrogens (tertiary/aromatic N) is 1. The van der Waals surface area contributed by atoms with Gasteiger partial charge in [0.1, 0.15) is 0 Å². The van der Waals surface area contributed by atoms with Crippen LogP contribution in [0.3, 0.4) is 0 Å². The van der Waals surface area contributed by atoms with Gasteiger partial charge in [0.05, 0.1) is 0 Å². The van der Waals surface area contributed by atoms with E-state index in [9.17, 15) is 4.79 Å². The van der Waals surface area contributed by atoms with Crippen molar-refractivity contribution in [3.8, 4) is 0 Å². The number of carbonyl (C=O) groups is 1. The molecule has 1 atom stereocenters. The van der Waals surface area contributed by atoms with Gasteiger partial charge in [0, 0.05) is 12.5 Å². The lowest BCUT2D eigenvalue weighted by Gasteiger charge is -2.12. The fourth-order valence-electron chi connectivity index (χ4n) is 2.50. The standard InChI is InChI=1S/C16H34N4O/c1-2-3-4-5-6-7-8-9-11-14(15(17)21)12-10-13-20-16(18)19/h14H,2-13H2,1H3,(H2,17,21)(H4,18,19,20). The summed E-state index contributed by atoms with van der Waals surface area (Å²) in [4.78, 5) is 15.3. The molecule has 0 aromatic rings. The number of amides is 1. The van der Waals surface area contributed by atoms with Crippen molar-refractivity contribution < 1.29 is 4.79 Å². The Hall–Kier alpha value is -1.26. The Morgan fingerprint density at radius 1 is 0.857 bits per heavy atom. The van der Waals surface area contributed by atoms with Crippen molar-refractivity contribution in [1.29, 1.82) is 0 Å². The summed E-state index contributed by atoms with van der Waals surface area (Å²) in [5.74, 6) is -0.115. The van der Waals surface area contributed by atoms with E-state index in [-0.39, 0.29) is 17.8 Å². The number of nitrogens with two attached hydrogens (primary N) is 3. The molecule has 0 fully saturated rings. The lowest BCUT2D eigenvalue weighted by molar-refractivity contribution is -0.122. The maximum Gasteiger partial charge on any atom is 0.220 e. The first kappa shape index (κ1) is 19.7. The summed E-state index contributed by atoms with van der Waals surface area (Å²) >= 11 is 0. The molecule has 0 aliphatic rings. The predicted octanol–water partition coefficient (Wildman–Crippen LogP) is 2.67. The van der Waals surface area contributed by atoms with Crippen LogP contribution in [-0.2, 0) is 4.79 Å². The number of carbonyl (C=O) groups excluding carboxylic acids is 1. The van der Waals surface area contributed by atoms with Gasteiger partial charge < -0.3 is 17.2 Å². The molecule has 0 rings (SSSR count). The Morgan fingerprint density at radius 3 is 1.90 bits per heavy atom. The molecule has 0 aliphatic carbocycles. The van der Waals surface area contributed by atoms with E-state index in [1.165, 1.54) is 44.9 Å². The lowest BCUT2D eigenvalue weighted by Crippen LogP contribution is -2.24. The van der Waals surface area contributed by atoms with E-state index in [0.717, 1.165) is 25.7 Å². The number of aliphatic imine (C=N–C) groups is 1. The molecule has 0 saturated carbocycles. The van der Waals surface area contributed by atoms with Gasteiger partial charge in [-0.15, -0.1) is 0 Å². The summed E-state index contributed by atoms with van der Waals surface area (Å²) in [6.45, 7) is 2.81. The molecule has 5 heteroatoms. The van der Waals surface area contributed by atoms with Gasteiger partial charge in [0.15, 0.2) is 5.96 Å². The zero-order valence-corrected chi connectivity index (χ0v) is 13.7. The molecule has 21 heavy (non-hydrogen) atoms. The van der Waals surface area contributed by atoms with Crippen LogP contribution < -0.4 is 17.2 Å². The maximum absolute atomic E-state index is 11.4. The average Bonchev–Trinajstić information content (AvgIpc) is 2.43. The van der Waals surface area contributed by atoms with Crippen LogP contribution in [0, 0.1) is 5.92 Å². The van der Waals surface area contributed by atoms with Gasteiger partial charge in [-0.1, -0.05) is 58.3 Å².